The van der Waals surface area contributed by atoms with Crippen LogP contribution in [-0.4, -0.2) is 53.1 Å². The molecule has 3 fully saturated rings. The molecule has 0 bridgehead atoms. The average Bonchev–Trinajstić information content (AvgIpc) is 3.48. The Labute approximate surface area is 206 Å². The summed E-state index contributed by atoms with van der Waals surface area (Å²) in [5.41, 5.74) is -0.0932. The van der Waals surface area contributed by atoms with Gasteiger partial charge in [0.2, 0.25) is 5.91 Å². The predicted octanol–water partition coefficient (Wildman–Crippen LogP) is 3.64. The second-order valence-electron chi connectivity index (χ2n) is 11.2. The van der Waals surface area contributed by atoms with E-state index in [-0.39, 0.29) is 5.91 Å². The lowest BCUT2D eigenvalue weighted by Crippen LogP contribution is -2.66. The number of sulfone groups is 1. The molecule has 8 heteroatoms. The van der Waals surface area contributed by atoms with Crippen LogP contribution in [-0.2, 0) is 28.9 Å². The fraction of sp³-hybridized carbons (Fsp3) is 0.481. The van der Waals surface area contributed by atoms with Gasteiger partial charge in [0.25, 0.3) is 0 Å². The molecule has 7 nitrogen and oxygen atoms in total. The Bertz CT molecular complexity index is 1230. The number of fused-ring (bicyclic) bond motifs is 2. The first kappa shape index (κ1) is 24.0. The number of ether oxygens (including phenoxy) is 2. The first-order valence-corrected chi connectivity index (χ1v) is 13.4. The van der Waals surface area contributed by atoms with Crippen LogP contribution < -0.4 is 0 Å². The van der Waals surface area contributed by atoms with Crippen LogP contribution in [0.2, 0.25) is 0 Å². The zero-order valence-electron chi connectivity index (χ0n) is 20.6. The van der Waals surface area contributed by atoms with Crippen molar-refractivity contribution in [2.24, 2.45) is 5.41 Å². The first-order chi connectivity index (χ1) is 16.3. The predicted molar refractivity (Wildman–Crippen MR) is 130 cm³/mol. The number of hydrogen-bond acceptors (Lipinski definition) is 6. The summed E-state index contributed by atoms with van der Waals surface area (Å²) in [5.74, 6) is -1.07. The highest BCUT2D eigenvalue weighted by atomic mass is 32.2. The van der Waals surface area contributed by atoms with Gasteiger partial charge in [0.05, 0.1) is 16.5 Å². The third-order valence-corrected chi connectivity index (χ3v) is 10.3. The van der Waals surface area contributed by atoms with Crippen molar-refractivity contribution < 1.29 is 27.5 Å². The average molecular weight is 498 g/mol. The molecule has 0 N–H and O–H groups in total. The monoisotopic (exact) mass is 497 g/mol. The van der Waals surface area contributed by atoms with Gasteiger partial charge in [-0.05, 0) is 52.2 Å². The van der Waals surface area contributed by atoms with Crippen molar-refractivity contribution in [1.29, 1.82) is 0 Å². The molecule has 2 aliphatic heterocycles. The highest BCUT2D eigenvalue weighted by molar-refractivity contribution is 7.94. The van der Waals surface area contributed by atoms with E-state index < -0.39 is 55.2 Å². The normalized spacial score (nSPS) is 30.2. The van der Waals surface area contributed by atoms with E-state index in [1.807, 2.05) is 81.4 Å². The molecule has 0 radical (unpaired) electrons. The Hall–Kier alpha value is -2.71. The molecule has 1 amide bonds. The zero-order chi connectivity index (χ0) is 25.4. The van der Waals surface area contributed by atoms with Gasteiger partial charge in [0, 0.05) is 0 Å². The second kappa shape index (κ2) is 7.64. The lowest BCUT2D eigenvalue weighted by Gasteiger charge is -2.44. The molecule has 1 saturated carbocycles. The third kappa shape index (κ3) is 3.44. The lowest BCUT2D eigenvalue weighted by atomic mass is 9.88. The minimum Gasteiger partial charge on any atom is -0.451 e. The Balaban J connectivity index is 1.47. The summed E-state index contributed by atoms with van der Waals surface area (Å²) < 4.78 is 37.8. The number of amides is 1. The van der Waals surface area contributed by atoms with Crippen molar-refractivity contribution in [3.8, 4) is 0 Å². The highest BCUT2D eigenvalue weighted by Gasteiger charge is 2.86. The van der Waals surface area contributed by atoms with Crippen LogP contribution in [0.4, 0.5) is 0 Å². The van der Waals surface area contributed by atoms with Crippen molar-refractivity contribution in [1.82, 2.24) is 4.90 Å². The van der Waals surface area contributed by atoms with Gasteiger partial charge in [0.15, 0.2) is 21.3 Å². The molecule has 2 aromatic rings. The van der Waals surface area contributed by atoms with Crippen LogP contribution in [0.5, 0.6) is 0 Å². The topological polar surface area (TPSA) is 90.0 Å². The maximum absolute atomic E-state index is 13.7. The van der Waals surface area contributed by atoms with Gasteiger partial charge in [-0.2, -0.15) is 0 Å². The van der Waals surface area contributed by atoms with E-state index in [1.54, 1.807) is 0 Å². The summed E-state index contributed by atoms with van der Waals surface area (Å²) in [7, 11) is -3.87. The molecule has 2 heterocycles. The summed E-state index contributed by atoms with van der Waals surface area (Å²) in [6.07, 6.45) is -0.860. The van der Waals surface area contributed by atoms with Gasteiger partial charge < -0.3 is 14.4 Å². The van der Waals surface area contributed by atoms with Crippen LogP contribution >= 0.6 is 0 Å². The van der Waals surface area contributed by atoms with E-state index in [0.717, 1.165) is 11.1 Å². The molecule has 5 rings (SSSR count). The van der Waals surface area contributed by atoms with Crippen LogP contribution in [0.25, 0.3) is 0 Å². The number of carbonyl (C=O) groups is 2. The fourth-order valence-corrected chi connectivity index (χ4v) is 8.08. The largest absolute Gasteiger partial charge is 0.451 e. The number of esters is 1. The first-order valence-electron chi connectivity index (χ1n) is 11.9. The van der Waals surface area contributed by atoms with Gasteiger partial charge in [-0.1, -0.05) is 60.7 Å². The Morgan fingerprint density at radius 1 is 1.00 bits per heavy atom. The van der Waals surface area contributed by atoms with Gasteiger partial charge in [-0.15, -0.1) is 0 Å². The molecule has 1 spiro atoms. The summed E-state index contributed by atoms with van der Waals surface area (Å²) >= 11 is 0. The minimum atomic E-state index is -3.87. The van der Waals surface area contributed by atoms with Gasteiger partial charge >= 0.3 is 5.97 Å². The SMILES string of the molecule is CC(C)(C)OC1C[C@@]12C(=O)N1[C@@H](C(=O)OC(c3ccccc3)c3ccccc3)C(C)(C)S(=O)(=O)[C@@H]12. The third-order valence-electron chi connectivity index (χ3n) is 7.39. The minimum absolute atomic E-state index is 0.344. The van der Waals surface area contributed by atoms with E-state index in [9.17, 15) is 18.0 Å². The van der Waals surface area contributed by atoms with Crippen molar-refractivity contribution in [3.63, 3.8) is 0 Å². The molecule has 4 atom stereocenters. The summed E-state index contributed by atoms with van der Waals surface area (Å²) in [4.78, 5) is 28.3. The summed E-state index contributed by atoms with van der Waals surface area (Å²) in [5, 5.41) is -1.07. The van der Waals surface area contributed by atoms with E-state index in [2.05, 4.69) is 0 Å². The molecule has 2 aromatic carbocycles. The van der Waals surface area contributed by atoms with Gasteiger partial charge in [-0.25, -0.2) is 13.2 Å². The standard InChI is InChI=1S/C27H31NO6S/c1-25(2,3)34-19-16-27(19)23(30)28-21(26(4,5)35(31,32)24(27)28)22(29)33-20(17-12-8-6-9-13-17)18-14-10-7-11-15-18/h6-15,19-21,24H,16H2,1-5H3/t19?,21-,24+,27-/m0/s1. The van der Waals surface area contributed by atoms with Crippen molar-refractivity contribution in [2.75, 3.05) is 0 Å². The highest BCUT2D eigenvalue weighted by Crippen LogP contribution is 2.67. The van der Waals surface area contributed by atoms with Gasteiger partial charge in [-0.3, -0.25) is 4.79 Å². The molecule has 1 aliphatic carbocycles. The maximum atomic E-state index is 13.7. The zero-order valence-corrected chi connectivity index (χ0v) is 21.4. The molecule has 1 unspecified atom stereocenters. The molecular weight excluding hydrogens is 466 g/mol. The molecule has 0 aromatic heterocycles. The molecule has 35 heavy (non-hydrogen) atoms. The molecular formula is C27H31NO6S. The molecule has 2 saturated heterocycles. The molecule has 186 valence electrons. The number of benzene rings is 2. The van der Waals surface area contributed by atoms with E-state index >= 15 is 0 Å². The van der Waals surface area contributed by atoms with Crippen LogP contribution in [0.3, 0.4) is 0 Å². The fourth-order valence-electron chi connectivity index (χ4n) is 5.56. The van der Waals surface area contributed by atoms with Crippen molar-refractivity contribution in [2.45, 2.75) is 75.0 Å². The smallest absolute Gasteiger partial charge is 0.331 e. The maximum Gasteiger partial charge on any atom is 0.331 e. The Kier molecular flexibility index (Phi) is 5.24. The quantitative estimate of drug-likeness (QED) is 0.463. The van der Waals surface area contributed by atoms with E-state index in [1.165, 1.54) is 18.7 Å². The van der Waals surface area contributed by atoms with Gasteiger partial charge in [0.1, 0.15) is 11.5 Å². The Morgan fingerprint density at radius 2 is 1.51 bits per heavy atom. The summed E-state index contributed by atoms with van der Waals surface area (Å²) in [6.45, 7) is 8.65. The molecule has 3 aliphatic rings. The number of rotatable bonds is 5. The number of hydrogen-bond donors (Lipinski definition) is 0. The van der Waals surface area contributed by atoms with Crippen molar-refractivity contribution >= 4 is 21.7 Å². The second-order valence-corrected chi connectivity index (χ2v) is 13.8. The number of β-lactam (4-membered cyclic amide) rings is 1. The summed E-state index contributed by atoms with van der Waals surface area (Å²) in [6, 6.07) is 17.3. The van der Waals surface area contributed by atoms with Crippen LogP contribution in [0.15, 0.2) is 60.7 Å². The van der Waals surface area contributed by atoms with Crippen LogP contribution in [0, 0.1) is 5.41 Å². The van der Waals surface area contributed by atoms with Crippen LogP contribution in [0.1, 0.15) is 58.3 Å². The van der Waals surface area contributed by atoms with Crippen molar-refractivity contribution in [3.05, 3.63) is 71.8 Å². The number of carbonyl (C=O) groups excluding carboxylic acids is 2. The number of nitrogens with zero attached hydrogens (tertiary/aromatic N) is 1. The Morgan fingerprint density at radius 3 is 2.00 bits per heavy atom. The lowest BCUT2D eigenvalue weighted by molar-refractivity contribution is -0.174. The van der Waals surface area contributed by atoms with E-state index in [0.29, 0.717) is 6.42 Å². The van der Waals surface area contributed by atoms with E-state index in [4.69, 9.17) is 9.47 Å².